The summed E-state index contributed by atoms with van der Waals surface area (Å²) in [6.07, 6.45) is 0.915. The third kappa shape index (κ3) is 9.10. The number of aromatic nitrogens is 1. The van der Waals surface area contributed by atoms with Crippen LogP contribution in [0.25, 0.3) is 10.9 Å². The number of fused-ring (bicyclic) bond motifs is 1. The van der Waals surface area contributed by atoms with E-state index in [4.69, 9.17) is 31.0 Å². The lowest BCUT2D eigenvalue weighted by molar-refractivity contribution is -0.131. The van der Waals surface area contributed by atoms with Crippen molar-refractivity contribution in [3.05, 3.63) is 107 Å². The van der Waals surface area contributed by atoms with Crippen LogP contribution in [0.4, 0.5) is 17.6 Å². The van der Waals surface area contributed by atoms with Gasteiger partial charge in [-0.2, -0.15) is 17.6 Å². The predicted octanol–water partition coefficient (Wildman–Crippen LogP) is 2.43. The Morgan fingerprint density at radius 1 is 0.706 bits per heavy atom. The average molecular weight is 758 g/mol. The Morgan fingerprint density at radius 2 is 1.16 bits per heavy atom. The molecule has 3 aromatic carbocycles. The van der Waals surface area contributed by atoms with Crippen LogP contribution >= 0.6 is 15.2 Å². The minimum atomic E-state index is -5.88. The molecule has 274 valence electrons. The van der Waals surface area contributed by atoms with Gasteiger partial charge in [-0.05, 0) is 29.2 Å². The zero-order valence-electron chi connectivity index (χ0n) is 26.3. The maximum atomic E-state index is 14.2. The summed E-state index contributed by atoms with van der Waals surface area (Å²) in [5.41, 5.74) is 2.41. The monoisotopic (exact) mass is 757 g/mol. The summed E-state index contributed by atoms with van der Waals surface area (Å²) in [5, 5.41) is 5.62. The summed E-state index contributed by atoms with van der Waals surface area (Å²) in [6, 6.07) is 10.1. The van der Waals surface area contributed by atoms with Crippen molar-refractivity contribution in [2.24, 2.45) is 11.5 Å². The lowest BCUT2D eigenvalue weighted by Crippen LogP contribution is -2.56. The van der Waals surface area contributed by atoms with E-state index < -0.39 is 79.9 Å². The lowest BCUT2D eigenvalue weighted by Gasteiger charge is -2.24. The summed E-state index contributed by atoms with van der Waals surface area (Å²) in [6.45, 7) is 0. The van der Waals surface area contributed by atoms with Crippen LogP contribution in [-0.4, -0.2) is 60.4 Å². The molecule has 0 spiro atoms. The molecule has 0 radical (unpaired) electrons. The smallest absolute Gasteiger partial charge is 0.368 e. The summed E-state index contributed by atoms with van der Waals surface area (Å²) in [4.78, 5) is 78.3. The number of alkyl halides is 4. The molecule has 51 heavy (non-hydrogen) atoms. The molecule has 0 aliphatic rings. The van der Waals surface area contributed by atoms with Gasteiger partial charge in [-0.25, -0.2) is 0 Å². The first-order valence-corrected chi connectivity index (χ1v) is 18.1. The van der Waals surface area contributed by atoms with Gasteiger partial charge in [0.05, 0.1) is 6.04 Å². The second kappa shape index (κ2) is 15.1. The van der Waals surface area contributed by atoms with E-state index in [9.17, 15) is 41.1 Å². The molecule has 0 fully saturated rings. The molecule has 3 unspecified atom stereocenters. The van der Waals surface area contributed by atoms with Gasteiger partial charge in [0.2, 0.25) is 17.7 Å². The second-order valence-electron chi connectivity index (χ2n) is 11.7. The predicted molar refractivity (Wildman–Crippen MR) is 175 cm³/mol. The number of aromatic amines is 1. The molecule has 0 saturated heterocycles. The van der Waals surface area contributed by atoms with Gasteiger partial charge in [0.1, 0.15) is 12.1 Å². The summed E-state index contributed by atoms with van der Waals surface area (Å²) in [7, 11) is -11.7. The normalized spacial score (nSPS) is 14.5. The van der Waals surface area contributed by atoms with Crippen molar-refractivity contribution < 1.29 is 60.6 Å². The Morgan fingerprint density at radius 3 is 1.63 bits per heavy atom. The second-order valence-corrected chi connectivity index (χ2v) is 15.0. The number of carbonyl (C=O) groups is 3. The number of carbonyl (C=O) groups excluding carboxylic acids is 3. The van der Waals surface area contributed by atoms with E-state index in [-0.39, 0.29) is 24.0 Å². The summed E-state index contributed by atoms with van der Waals surface area (Å²) >= 11 is 0. The van der Waals surface area contributed by atoms with E-state index in [1.807, 2.05) is 12.1 Å². The Labute approximate surface area is 286 Å². The van der Waals surface area contributed by atoms with Gasteiger partial charge in [0.25, 0.3) is 0 Å². The van der Waals surface area contributed by atoms with Crippen LogP contribution in [-0.2, 0) is 54.1 Å². The molecule has 4 rings (SSSR count). The van der Waals surface area contributed by atoms with E-state index in [2.05, 4.69) is 15.6 Å². The highest BCUT2D eigenvalue weighted by molar-refractivity contribution is 7.52. The maximum absolute atomic E-state index is 14.2. The van der Waals surface area contributed by atoms with Crippen molar-refractivity contribution in [3.63, 3.8) is 0 Å². The number of halogens is 4. The number of amides is 3. The zero-order chi connectivity index (χ0) is 37.9. The number of hydrogen-bond donors (Lipinski definition) is 9. The zero-order valence-corrected chi connectivity index (χ0v) is 28.0. The quantitative estimate of drug-likeness (QED) is 0.0632. The molecule has 0 bridgehead atoms. The van der Waals surface area contributed by atoms with Crippen LogP contribution in [0.15, 0.2) is 79.0 Å². The van der Waals surface area contributed by atoms with Crippen LogP contribution in [0, 0.1) is 0 Å². The van der Waals surface area contributed by atoms with Crippen molar-refractivity contribution in [1.29, 1.82) is 0 Å². The molecular formula is C31H33F4N5O9P2. The maximum Gasteiger partial charge on any atom is 0.399 e. The molecule has 14 nitrogen and oxygen atoms in total. The van der Waals surface area contributed by atoms with E-state index in [1.54, 1.807) is 18.3 Å². The Kier molecular flexibility index (Phi) is 11.6. The molecule has 4 aromatic rings. The molecule has 3 atom stereocenters. The topological polar surface area (TPSA) is 258 Å². The molecule has 0 aliphatic heterocycles. The number of nitrogens with two attached hydrogens (primary N) is 2. The average Bonchev–Trinajstić information content (AvgIpc) is 3.46. The first-order chi connectivity index (χ1) is 23.6. The van der Waals surface area contributed by atoms with E-state index in [0.717, 1.165) is 59.4 Å². The standard InChI is InChI=1S/C31H33F4N5O9P2/c32-30(33,50(44,45)46)20-9-5-17(6-10-20)13-25(27(37)41)39-29(43)26(14-18-7-11-21(12-8-18)31(34,35)51(47,48)49)40-28(42)23(36)15-19-16-38-24-4-2-1-3-22(19)24/h1-12,16,23,25-26,38H,13-15,36H2,(H2,37,41)(H,39,43)(H,40,42)(H2,44,45,46)(H2,47,48,49). The highest BCUT2D eigenvalue weighted by Gasteiger charge is 2.51. The fraction of sp³-hybridized carbons (Fsp3) is 0.258. The summed E-state index contributed by atoms with van der Waals surface area (Å²) in [5.74, 6) is -2.90. The highest BCUT2D eigenvalue weighted by atomic mass is 31.2. The van der Waals surface area contributed by atoms with Crippen LogP contribution in [0.1, 0.15) is 27.8 Å². The number of nitrogens with one attached hydrogen (secondary N) is 3. The van der Waals surface area contributed by atoms with Gasteiger partial charge in [0.15, 0.2) is 0 Å². The third-order valence-corrected chi connectivity index (χ3v) is 9.94. The van der Waals surface area contributed by atoms with Crippen LogP contribution in [0.2, 0.25) is 0 Å². The van der Waals surface area contributed by atoms with Gasteiger partial charge in [-0.1, -0.05) is 66.7 Å². The number of hydrogen-bond acceptors (Lipinski definition) is 6. The molecular weight excluding hydrogens is 724 g/mol. The fourth-order valence-electron chi connectivity index (χ4n) is 5.10. The van der Waals surface area contributed by atoms with Crippen LogP contribution < -0.4 is 22.1 Å². The van der Waals surface area contributed by atoms with Crippen molar-refractivity contribution >= 4 is 43.8 Å². The molecule has 3 amide bonds. The van der Waals surface area contributed by atoms with Crippen molar-refractivity contribution in [3.8, 4) is 0 Å². The van der Waals surface area contributed by atoms with Gasteiger partial charge >= 0.3 is 26.5 Å². The fourth-order valence-corrected chi connectivity index (χ4v) is 6.07. The Hall–Kier alpha value is -4.41. The highest BCUT2D eigenvalue weighted by Crippen LogP contribution is 2.60. The first kappa shape index (κ1) is 39.4. The van der Waals surface area contributed by atoms with Crippen molar-refractivity contribution in [1.82, 2.24) is 15.6 Å². The molecule has 1 heterocycles. The summed E-state index contributed by atoms with van der Waals surface area (Å²) < 4.78 is 79.1. The van der Waals surface area contributed by atoms with Crippen molar-refractivity contribution in [2.45, 2.75) is 48.7 Å². The molecule has 11 N–H and O–H groups in total. The molecule has 0 saturated carbocycles. The number of primary amides is 1. The SMILES string of the molecule is NC(=O)C(Cc1ccc(C(F)(F)P(=O)(O)O)cc1)NC(=O)C(Cc1ccc(C(F)(F)P(=O)(O)O)cc1)NC(=O)C(N)Cc1c[nH]c2ccccc12. The molecule has 20 heteroatoms. The lowest BCUT2D eigenvalue weighted by atomic mass is 10.00. The minimum Gasteiger partial charge on any atom is -0.368 e. The molecule has 0 aliphatic carbocycles. The van der Waals surface area contributed by atoms with Crippen LogP contribution in [0.3, 0.4) is 0 Å². The van der Waals surface area contributed by atoms with Gasteiger partial charge < -0.3 is 46.7 Å². The van der Waals surface area contributed by atoms with Crippen LogP contribution in [0.5, 0.6) is 0 Å². The van der Waals surface area contributed by atoms with Gasteiger partial charge in [0, 0.05) is 41.1 Å². The van der Waals surface area contributed by atoms with E-state index in [0.29, 0.717) is 5.56 Å². The molecule has 1 aromatic heterocycles. The number of H-pyrrole nitrogens is 1. The Bertz CT molecular complexity index is 2000. The number of benzene rings is 3. The van der Waals surface area contributed by atoms with Gasteiger partial charge in [-0.3, -0.25) is 23.5 Å². The number of rotatable bonds is 15. The third-order valence-electron chi connectivity index (χ3n) is 7.96. The van der Waals surface area contributed by atoms with Gasteiger partial charge in [-0.15, -0.1) is 0 Å². The minimum absolute atomic E-state index is 0.0251. The number of para-hydroxylation sites is 1. The van der Waals surface area contributed by atoms with E-state index in [1.165, 1.54) is 0 Å². The van der Waals surface area contributed by atoms with Crippen molar-refractivity contribution in [2.75, 3.05) is 0 Å². The Balaban J connectivity index is 1.56. The van der Waals surface area contributed by atoms with E-state index >= 15 is 0 Å². The first-order valence-electron chi connectivity index (χ1n) is 14.9. The largest absolute Gasteiger partial charge is 0.399 e.